The molecule has 0 saturated heterocycles. The standard InChI is InChI=1S/C22H23N3O3/c26-20(23-14-15-5-2-1-3-6-15)21(27)24-18-11-10-16-7-4-12-25(19(16)13-18)22(28)17-8-9-17/h1-3,5-6,10-11,13,17H,4,7-9,12,14H2,(H,23,26)(H,24,27). The second kappa shape index (κ2) is 7.84. The van der Waals surface area contributed by atoms with Gasteiger partial charge in [0.1, 0.15) is 0 Å². The first-order chi connectivity index (χ1) is 13.6. The summed E-state index contributed by atoms with van der Waals surface area (Å²) in [6.45, 7) is 0.998. The molecule has 6 nitrogen and oxygen atoms in total. The highest BCUT2D eigenvalue weighted by Gasteiger charge is 2.35. The summed E-state index contributed by atoms with van der Waals surface area (Å²) in [5.41, 5.74) is 3.40. The topological polar surface area (TPSA) is 78.5 Å². The Morgan fingerprint density at radius 2 is 1.79 bits per heavy atom. The Hall–Kier alpha value is -3.15. The van der Waals surface area contributed by atoms with Crippen molar-refractivity contribution < 1.29 is 14.4 Å². The predicted molar refractivity (Wildman–Crippen MR) is 107 cm³/mol. The minimum Gasteiger partial charge on any atom is -0.344 e. The fraction of sp³-hybridized carbons (Fsp3) is 0.318. The minimum absolute atomic E-state index is 0.146. The van der Waals surface area contributed by atoms with Crippen molar-refractivity contribution in [2.75, 3.05) is 16.8 Å². The van der Waals surface area contributed by atoms with Gasteiger partial charge in [-0.05, 0) is 48.9 Å². The van der Waals surface area contributed by atoms with Gasteiger partial charge in [0.2, 0.25) is 5.91 Å². The van der Waals surface area contributed by atoms with Gasteiger partial charge in [0.25, 0.3) is 0 Å². The van der Waals surface area contributed by atoms with Gasteiger partial charge in [-0.2, -0.15) is 0 Å². The van der Waals surface area contributed by atoms with Crippen molar-refractivity contribution in [2.24, 2.45) is 5.92 Å². The lowest BCUT2D eigenvalue weighted by Crippen LogP contribution is -2.37. The van der Waals surface area contributed by atoms with Crippen LogP contribution in [0.15, 0.2) is 48.5 Å². The van der Waals surface area contributed by atoms with Crippen molar-refractivity contribution in [3.8, 4) is 0 Å². The maximum absolute atomic E-state index is 12.6. The Kier molecular flexibility index (Phi) is 5.10. The smallest absolute Gasteiger partial charge is 0.313 e. The van der Waals surface area contributed by atoms with Crippen LogP contribution >= 0.6 is 0 Å². The molecule has 1 aliphatic heterocycles. The van der Waals surface area contributed by atoms with Crippen LogP contribution in [0.2, 0.25) is 0 Å². The van der Waals surface area contributed by atoms with E-state index in [1.165, 1.54) is 0 Å². The zero-order valence-electron chi connectivity index (χ0n) is 15.6. The van der Waals surface area contributed by atoms with Crippen LogP contribution in [-0.2, 0) is 27.3 Å². The quantitative estimate of drug-likeness (QED) is 0.804. The summed E-state index contributed by atoms with van der Waals surface area (Å²) >= 11 is 0. The van der Waals surface area contributed by atoms with Crippen molar-refractivity contribution in [1.82, 2.24) is 5.32 Å². The Bertz CT molecular complexity index is 906. The molecule has 4 rings (SSSR count). The third kappa shape index (κ3) is 4.06. The summed E-state index contributed by atoms with van der Waals surface area (Å²) < 4.78 is 0. The molecule has 0 bridgehead atoms. The van der Waals surface area contributed by atoms with E-state index >= 15 is 0 Å². The van der Waals surface area contributed by atoms with E-state index in [-0.39, 0.29) is 11.8 Å². The van der Waals surface area contributed by atoms with Gasteiger partial charge >= 0.3 is 11.8 Å². The van der Waals surface area contributed by atoms with Crippen LogP contribution in [-0.4, -0.2) is 24.3 Å². The van der Waals surface area contributed by atoms with Crippen LogP contribution in [0, 0.1) is 5.92 Å². The summed E-state index contributed by atoms with van der Waals surface area (Å²) in [5.74, 6) is -1.09. The van der Waals surface area contributed by atoms with Crippen LogP contribution in [0.25, 0.3) is 0 Å². The van der Waals surface area contributed by atoms with Crippen molar-refractivity contribution in [3.63, 3.8) is 0 Å². The molecule has 3 amide bonds. The molecule has 1 aliphatic carbocycles. The Morgan fingerprint density at radius 1 is 1.00 bits per heavy atom. The molecule has 0 atom stereocenters. The first-order valence-corrected chi connectivity index (χ1v) is 9.69. The van der Waals surface area contributed by atoms with E-state index in [4.69, 9.17) is 0 Å². The van der Waals surface area contributed by atoms with Crippen LogP contribution in [0.5, 0.6) is 0 Å². The lowest BCUT2D eigenvalue weighted by molar-refractivity contribution is -0.136. The highest BCUT2D eigenvalue weighted by molar-refractivity contribution is 6.39. The van der Waals surface area contributed by atoms with Crippen molar-refractivity contribution in [2.45, 2.75) is 32.2 Å². The molecule has 2 aromatic rings. The fourth-order valence-corrected chi connectivity index (χ4v) is 3.48. The number of benzene rings is 2. The molecule has 144 valence electrons. The number of fused-ring (bicyclic) bond motifs is 1. The van der Waals surface area contributed by atoms with E-state index in [1.54, 1.807) is 12.1 Å². The number of aryl methyl sites for hydroxylation is 1. The second-order valence-electron chi connectivity index (χ2n) is 7.33. The second-order valence-corrected chi connectivity index (χ2v) is 7.33. The van der Waals surface area contributed by atoms with Gasteiger partial charge in [0.05, 0.1) is 0 Å². The highest BCUT2D eigenvalue weighted by atomic mass is 16.2. The molecular weight excluding hydrogens is 354 g/mol. The molecule has 0 spiro atoms. The van der Waals surface area contributed by atoms with Crippen molar-refractivity contribution >= 4 is 29.1 Å². The van der Waals surface area contributed by atoms with E-state index in [0.717, 1.165) is 42.5 Å². The number of amides is 3. The molecule has 1 saturated carbocycles. The minimum atomic E-state index is -0.716. The predicted octanol–water partition coefficient (Wildman–Crippen LogP) is 2.63. The van der Waals surface area contributed by atoms with Crippen LogP contribution < -0.4 is 15.5 Å². The lowest BCUT2D eigenvalue weighted by atomic mass is 10.0. The molecular formula is C22H23N3O3. The normalized spacial score (nSPS) is 15.5. The average Bonchev–Trinajstić information content (AvgIpc) is 3.57. The van der Waals surface area contributed by atoms with E-state index < -0.39 is 11.8 Å². The number of carbonyl (C=O) groups is 3. The van der Waals surface area contributed by atoms with Gasteiger partial charge < -0.3 is 15.5 Å². The Balaban J connectivity index is 1.41. The van der Waals surface area contributed by atoms with E-state index in [0.29, 0.717) is 18.8 Å². The van der Waals surface area contributed by atoms with Gasteiger partial charge in [-0.25, -0.2) is 0 Å². The number of hydrogen-bond donors (Lipinski definition) is 2. The summed E-state index contributed by atoms with van der Waals surface area (Å²) in [6.07, 6.45) is 3.78. The molecule has 28 heavy (non-hydrogen) atoms. The number of anilines is 2. The number of carbonyl (C=O) groups excluding carboxylic acids is 3. The van der Waals surface area contributed by atoms with E-state index in [1.807, 2.05) is 41.3 Å². The molecule has 2 aromatic carbocycles. The first kappa shape index (κ1) is 18.2. The molecule has 0 unspecified atom stereocenters. The van der Waals surface area contributed by atoms with Crippen molar-refractivity contribution in [3.05, 3.63) is 59.7 Å². The summed E-state index contributed by atoms with van der Waals surface area (Å²) in [6, 6.07) is 14.9. The van der Waals surface area contributed by atoms with Gasteiger partial charge in [-0.1, -0.05) is 36.4 Å². The largest absolute Gasteiger partial charge is 0.344 e. The maximum Gasteiger partial charge on any atom is 0.313 e. The van der Waals surface area contributed by atoms with Crippen LogP contribution in [0.3, 0.4) is 0 Å². The zero-order valence-corrected chi connectivity index (χ0v) is 15.6. The third-order valence-electron chi connectivity index (χ3n) is 5.16. The maximum atomic E-state index is 12.6. The fourth-order valence-electron chi connectivity index (χ4n) is 3.48. The molecule has 0 radical (unpaired) electrons. The monoisotopic (exact) mass is 377 g/mol. The van der Waals surface area contributed by atoms with Crippen LogP contribution in [0.4, 0.5) is 11.4 Å². The number of rotatable bonds is 4. The molecule has 0 aromatic heterocycles. The average molecular weight is 377 g/mol. The van der Waals surface area contributed by atoms with Crippen molar-refractivity contribution in [1.29, 1.82) is 0 Å². The van der Waals surface area contributed by atoms with Gasteiger partial charge in [-0.3, -0.25) is 14.4 Å². The van der Waals surface area contributed by atoms with E-state index in [2.05, 4.69) is 10.6 Å². The summed E-state index contributed by atoms with van der Waals surface area (Å²) in [7, 11) is 0. The zero-order chi connectivity index (χ0) is 19.5. The van der Waals surface area contributed by atoms with Crippen LogP contribution in [0.1, 0.15) is 30.4 Å². The van der Waals surface area contributed by atoms with E-state index in [9.17, 15) is 14.4 Å². The van der Waals surface area contributed by atoms with Gasteiger partial charge in [-0.15, -0.1) is 0 Å². The number of hydrogen-bond acceptors (Lipinski definition) is 3. The highest BCUT2D eigenvalue weighted by Crippen LogP contribution is 2.36. The molecule has 1 heterocycles. The molecule has 2 N–H and O–H groups in total. The molecule has 6 heteroatoms. The Morgan fingerprint density at radius 3 is 2.54 bits per heavy atom. The van der Waals surface area contributed by atoms with Gasteiger partial charge in [0.15, 0.2) is 0 Å². The third-order valence-corrected chi connectivity index (χ3v) is 5.16. The number of nitrogens with zero attached hydrogens (tertiary/aromatic N) is 1. The molecule has 2 aliphatic rings. The van der Waals surface area contributed by atoms with Gasteiger partial charge in [0, 0.05) is 30.4 Å². The summed E-state index contributed by atoms with van der Waals surface area (Å²) in [4.78, 5) is 38.7. The lowest BCUT2D eigenvalue weighted by Gasteiger charge is -2.30. The summed E-state index contributed by atoms with van der Waals surface area (Å²) in [5, 5.41) is 5.26. The number of nitrogens with one attached hydrogen (secondary N) is 2. The Labute approximate surface area is 163 Å². The SMILES string of the molecule is O=C(NCc1ccccc1)C(=O)Nc1ccc2c(c1)N(C(=O)C1CC1)CCC2. The molecule has 1 fully saturated rings. The first-order valence-electron chi connectivity index (χ1n) is 9.69.